The molecule has 3 aromatic rings. The molecular weight excluding hydrogens is 462 g/mol. The van der Waals surface area contributed by atoms with Crippen molar-refractivity contribution >= 4 is 29.3 Å². The lowest BCUT2D eigenvalue weighted by molar-refractivity contribution is 0.0899. The topological polar surface area (TPSA) is 83.3 Å². The smallest absolute Gasteiger partial charge is 0.287 e. The van der Waals surface area contributed by atoms with E-state index in [2.05, 4.69) is 15.5 Å². The number of nitrogens with one attached hydrogen (secondary N) is 2. The van der Waals surface area contributed by atoms with E-state index in [4.69, 9.17) is 26.0 Å². The van der Waals surface area contributed by atoms with Gasteiger partial charge in [-0.15, -0.1) is 0 Å². The minimum atomic E-state index is -0.171. The Morgan fingerprint density at radius 3 is 2.43 bits per heavy atom. The second-order valence-electron chi connectivity index (χ2n) is 9.73. The van der Waals surface area contributed by atoms with E-state index >= 15 is 0 Å². The number of hydrogen-bond donors (Lipinski definition) is 2. The number of anilines is 2. The molecule has 2 N–H and O–H groups in total. The highest BCUT2D eigenvalue weighted by Crippen LogP contribution is 2.30. The second kappa shape index (κ2) is 10.3. The van der Waals surface area contributed by atoms with Gasteiger partial charge in [-0.3, -0.25) is 4.79 Å². The van der Waals surface area contributed by atoms with Crippen LogP contribution in [-0.2, 0) is 12.8 Å². The van der Waals surface area contributed by atoms with Crippen molar-refractivity contribution in [3.05, 3.63) is 58.4 Å². The summed E-state index contributed by atoms with van der Waals surface area (Å²) in [5, 5.41) is 7.37. The number of amides is 1. The molecular formula is C27H32ClN5O2. The van der Waals surface area contributed by atoms with Crippen LogP contribution < -0.4 is 15.5 Å². The van der Waals surface area contributed by atoms with E-state index in [0.29, 0.717) is 22.6 Å². The van der Waals surface area contributed by atoms with Gasteiger partial charge in [-0.1, -0.05) is 11.6 Å². The van der Waals surface area contributed by atoms with Crippen molar-refractivity contribution < 1.29 is 9.21 Å². The minimum Gasteiger partial charge on any atom is -0.451 e. The molecule has 5 rings (SSSR count). The first-order valence-corrected chi connectivity index (χ1v) is 12.8. The van der Waals surface area contributed by atoms with Crippen LogP contribution in [0.2, 0.25) is 5.02 Å². The van der Waals surface area contributed by atoms with E-state index in [0.717, 1.165) is 55.9 Å². The Hall–Kier alpha value is -3.06. The van der Waals surface area contributed by atoms with Crippen LogP contribution in [0.15, 0.2) is 40.8 Å². The van der Waals surface area contributed by atoms with E-state index in [1.807, 2.05) is 44.4 Å². The molecule has 7 nitrogen and oxygen atoms in total. The summed E-state index contributed by atoms with van der Waals surface area (Å²) in [6.45, 7) is 0. The van der Waals surface area contributed by atoms with Gasteiger partial charge in [0.2, 0.25) is 5.95 Å². The number of benzene rings is 1. The number of halogens is 1. The van der Waals surface area contributed by atoms with E-state index < -0.39 is 0 Å². The van der Waals surface area contributed by atoms with Crippen LogP contribution in [-0.4, -0.2) is 42.1 Å². The van der Waals surface area contributed by atoms with Crippen molar-refractivity contribution in [2.45, 2.75) is 63.5 Å². The first-order chi connectivity index (χ1) is 17.0. The fourth-order valence-corrected chi connectivity index (χ4v) is 5.19. The van der Waals surface area contributed by atoms with Crippen LogP contribution in [0.25, 0.3) is 11.3 Å². The van der Waals surface area contributed by atoms with Crippen molar-refractivity contribution in [3.63, 3.8) is 0 Å². The molecule has 0 atom stereocenters. The number of fused-ring (bicyclic) bond motifs is 1. The fraction of sp³-hybridized carbons (Fsp3) is 0.444. The van der Waals surface area contributed by atoms with Crippen molar-refractivity contribution in [3.8, 4) is 11.3 Å². The number of carbonyl (C=O) groups is 1. The SMILES string of the molecule is CN(C)c1nc(N[C@H]2CC[C@@H](NC(=O)c3ccc(-c4ccc(Cl)cc4)o3)CC2)nc2c1CCCC2. The maximum atomic E-state index is 12.8. The monoisotopic (exact) mass is 493 g/mol. The van der Waals surface area contributed by atoms with Crippen LogP contribution in [0, 0.1) is 0 Å². The molecule has 184 valence electrons. The predicted molar refractivity (Wildman–Crippen MR) is 139 cm³/mol. The summed E-state index contributed by atoms with van der Waals surface area (Å²) in [4.78, 5) is 24.5. The molecule has 2 aromatic heterocycles. The summed E-state index contributed by atoms with van der Waals surface area (Å²) in [6, 6.07) is 11.4. The Balaban J connectivity index is 1.16. The summed E-state index contributed by atoms with van der Waals surface area (Å²) >= 11 is 5.96. The molecule has 0 spiro atoms. The summed E-state index contributed by atoms with van der Waals surface area (Å²) in [5.74, 6) is 2.58. The van der Waals surface area contributed by atoms with Gasteiger partial charge in [-0.2, -0.15) is 4.98 Å². The summed E-state index contributed by atoms with van der Waals surface area (Å²) in [7, 11) is 4.10. The summed E-state index contributed by atoms with van der Waals surface area (Å²) in [6.07, 6.45) is 8.20. The minimum absolute atomic E-state index is 0.131. The zero-order valence-electron chi connectivity index (χ0n) is 20.3. The molecule has 1 amide bonds. The molecule has 1 aromatic carbocycles. The first kappa shape index (κ1) is 23.7. The Bertz CT molecular complexity index is 1180. The standard InChI is InChI=1S/C27H32ClN5O2/c1-33(2)25-21-5-3-4-6-22(21)31-27(32-25)30-20-13-11-19(12-14-20)29-26(34)24-16-15-23(35-24)17-7-9-18(28)10-8-17/h7-10,15-16,19-20H,3-6,11-14H2,1-2H3,(H,29,34)(H,30,31,32)/t19-,20+. The Morgan fingerprint density at radius 2 is 1.69 bits per heavy atom. The highest BCUT2D eigenvalue weighted by molar-refractivity contribution is 6.30. The van der Waals surface area contributed by atoms with Crippen LogP contribution in [0.1, 0.15) is 60.3 Å². The van der Waals surface area contributed by atoms with Crippen LogP contribution in [0.4, 0.5) is 11.8 Å². The van der Waals surface area contributed by atoms with E-state index in [-0.39, 0.29) is 11.9 Å². The first-order valence-electron chi connectivity index (χ1n) is 12.5. The lowest BCUT2D eigenvalue weighted by Crippen LogP contribution is -2.40. The molecule has 35 heavy (non-hydrogen) atoms. The predicted octanol–water partition coefficient (Wildman–Crippen LogP) is 5.49. The van der Waals surface area contributed by atoms with Crippen molar-refractivity contribution in [2.24, 2.45) is 0 Å². The zero-order chi connectivity index (χ0) is 24.4. The molecule has 0 radical (unpaired) electrons. The van der Waals surface area contributed by atoms with Gasteiger partial charge in [0, 0.05) is 42.3 Å². The highest BCUT2D eigenvalue weighted by Gasteiger charge is 2.26. The third kappa shape index (κ3) is 5.45. The maximum absolute atomic E-state index is 12.8. The summed E-state index contributed by atoms with van der Waals surface area (Å²) < 4.78 is 5.80. The number of aryl methyl sites for hydroxylation is 1. The molecule has 8 heteroatoms. The quantitative estimate of drug-likeness (QED) is 0.472. The Labute approximate surface area is 211 Å². The number of aromatic nitrogens is 2. The number of furan rings is 1. The van der Waals surface area contributed by atoms with Gasteiger partial charge in [0.1, 0.15) is 11.6 Å². The summed E-state index contributed by atoms with van der Waals surface area (Å²) in [5.41, 5.74) is 3.38. The van der Waals surface area contributed by atoms with Gasteiger partial charge in [0.25, 0.3) is 5.91 Å². The molecule has 0 saturated heterocycles. The zero-order valence-corrected chi connectivity index (χ0v) is 21.1. The van der Waals surface area contributed by atoms with Gasteiger partial charge >= 0.3 is 0 Å². The second-order valence-corrected chi connectivity index (χ2v) is 10.2. The van der Waals surface area contributed by atoms with Crippen LogP contribution >= 0.6 is 11.6 Å². The Kier molecular flexibility index (Phi) is 6.95. The van der Waals surface area contributed by atoms with Crippen molar-refractivity contribution in [1.29, 1.82) is 0 Å². The molecule has 0 bridgehead atoms. The lowest BCUT2D eigenvalue weighted by atomic mass is 9.91. The number of rotatable bonds is 6. The van der Waals surface area contributed by atoms with Crippen molar-refractivity contribution in [2.75, 3.05) is 24.3 Å². The van der Waals surface area contributed by atoms with Gasteiger partial charge in [0.15, 0.2) is 5.76 Å². The van der Waals surface area contributed by atoms with Gasteiger partial charge in [-0.25, -0.2) is 4.98 Å². The van der Waals surface area contributed by atoms with E-state index in [1.54, 1.807) is 6.07 Å². The molecule has 1 saturated carbocycles. The molecule has 2 heterocycles. The van der Waals surface area contributed by atoms with Crippen molar-refractivity contribution in [1.82, 2.24) is 15.3 Å². The van der Waals surface area contributed by atoms with Crippen LogP contribution in [0.5, 0.6) is 0 Å². The number of hydrogen-bond acceptors (Lipinski definition) is 6. The molecule has 2 aliphatic carbocycles. The number of nitrogens with zero attached hydrogens (tertiary/aromatic N) is 3. The molecule has 2 aliphatic rings. The third-order valence-corrected chi connectivity index (χ3v) is 7.19. The normalized spacial score (nSPS) is 19.6. The fourth-order valence-electron chi connectivity index (χ4n) is 5.06. The van der Waals surface area contributed by atoms with Gasteiger partial charge in [0.05, 0.1) is 5.69 Å². The largest absolute Gasteiger partial charge is 0.451 e. The molecule has 0 unspecified atom stereocenters. The molecule has 0 aliphatic heterocycles. The van der Waals surface area contributed by atoms with Crippen LogP contribution in [0.3, 0.4) is 0 Å². The Morgan fingerprint density at radius 1 is 0.971 bits per heavy atom. The lowest BCUT2D eigenvalue weighted by Gasteiger charge is -2.30. The highest BCUT2D eigenvalue weighted by atomic mass is 35.5. The third-order valence-electron chi connectivity index (χ3n) is 6.94. The average molecular weight is 494 g/mol. The number of carbonyl (C=O) groups excluding carboxylic acids is 1. The van der Waals surface area contributed by atoms with Gasteiger partial charge in [-0.05, 0) is 87.8 Å². The molecule has 1 fully saturated rings. The average Bonchev–Trinajstić information content (AvgIpc) is 3.36. The van der Waals surface area contributed by atoms with Gasteiger partial charge < -0.3 is 20.0 Å². The van der Waals surface area contributed by atoms with E-state index in [9.17, 15) is 4.79 Å². The maximum Gasteiger partial charge on any atom is 0.287 e. The van der Waals surface area contributed by atoms with E-state index in [1.165, 1.54) is 24.1 Å².